The third-order valence-corrected chi connectivity index (χ3v) is 5.73. The van der Waals surface area contributed by atoms with E-state index in [1.807, 2.05) is 0 Å². The summed E-state index contributed by atoms with van der Waals surface area (Å²) in [6.45, 7) is 0. The summed E-state index contributed by atoms with van der Waals surface area (Å²) in [7, 11) is 1.55. The fraction of sp³-hybridized carbons (Fsp3) is 0.500. The van der Waals surface area contributed by atoms with Crippen molar-refractivity contribution in [3.8, 4) is 17.2 Å². The van der Waals surface area contributed by atoms with Crippen LogP contribution >= 0.6 is 0 Å². The molecular formula is C16H22N2O6S. The molecule has 0 unspecified atom stereocenters. The number of hydrogen-bond acceptors (Lipinski definition) is 7. The molecule has 1 N–H and O–H groups in total. The van der Waals surface area contributed by atoms with Crippen LogP contribution in [0.25, 0.3) is 0 Å². The highest BCUT2D eigenvalue weighted by molar-refractivity contribution is 7.91. The zero-order valence-corrected chi connectivity index (χ0v) is 15.3. The lowest BCUT2D eigenvalue weighted by atomic mass is 10.1. The Hall–Kier alpha value is -2.29. The van der Waals surface area contributed by atoms with E-state index in [1.165, 1.54) is 27.5 Å². The molecule has 0 radical (unpaired) electrons. The number of hydrogen-bond donors (Lipinski definition) is 1. The minimum Gasteiger partial charge on any atom is -0.493 e. The van der Waals surface area contributed by atoms with E-state index in [0.717, 1.165) is 0 Å². The molecule has 0 spiro atoms. The Balaban J connectivity index is 1.98. The van der Waals surface area contributed by atoms with Crippen LogP contribution in [0.5, 0.6) is 17.2 Å². The van der Waals surface area contributed by atoms with Crippen LogP contribution in [-0.4, -0.2) is 53.4 Å². The van der Waals surface area contributed by atoms with Gasteiger partial charge in [0, 0.05) is 12.0 Å². The molecule has 1 saturated heterocycles. The van der Waals surface area contributed by atoms with Crippen LogP contribution in [0.15, 0.2) is 17.2 Å². The van der Waals surface area contributed by atoms with Crippen LogP contribution in [0, 0.1) is 5.92 Å². The minimum absolute atomic E-state index is 0.0665. The highest BCUT2D eigenvalue weighted by Gasteiger charge is 2.29. The van der Waals surface area contributed by atoms with E-state index in [9.17, 15) is 13.2 Å². The van der Waals surface area contributed by atoms with E-state index in [1.54, 1.807) is 12.1 Å². The molecule has 1 aromatic rings. The quantitative estimate of drug-likeness (QED) is 0.567. The lowest BCUT2D eigenvalue weighted by Gasteiger charge is -2.12. The van der Waals surface area contributed by atoms with E-state index in [-0.39, 0.29) is 29.8 Å². The summed E-state index contributed by atoms with van der Waals surface area (Å²) in [6.07, 6.45) is 2.12. The Morgan fingerprint density at radius 3 is 2.36 bits per heavy atom. The Bertz CT molecular complexity index is 735. The summed E-state index contributed by atoms with van der Waals surface area (Å²) in [5.74, 6) is 1.19. The summed E-state index contributed by atoms with van der Waals surface area (Å²) in [4.78, 5) is 11.9. The van der Waals surface area contributed by atoms with Crippen molar-refractivity contribution >= 4 is 22.0 Å². The molecule has 0 bridgehead atoms. The van der Waals surface area contributed by atoms with Gasteiger partial charge in [0.25, 0.3) is 0 Å². The molecule has 1 amide bonds. The van der Waals surface area contributed by atoms with E-state index in [4.69, 9.17) is 14.2 Å². The first-order valence-electron chi connectivity index (χ1n) is 7.71. The van der Waals surface area contributed by atoms with Crippen LogP contribution in [0.4, 0.5) is 0 Å². The summed E-state index contributed by atoms with van der Waals surface area (Å²) in [5.41, 5.74) is 3.06. The Labute approximate surface area is 147 Å². The molecule has 2 rings (SSSR count). The predicted octanol–water partition coefficient (Wildman–Crippen LogP) is 0.987. The van der Waals surface area contributed by atoms with Gasteiger partial charge in [-0.1, -0.05) is 0 Å². The van der Waals surface area contributed by atoms with E-state index >= 15 is 0 Å². The van der Waals surface area contributed by atoms with Gasteiger partial charge in [0.2, 0.25) is 11.7 Å². The maximum absolute atomic E-state index is 11.9. The number of nitrogens with one attached hydrogen (secondary N) is 1. The van der Waals surface area contributed by atoms with Gasteiger partial charge >= 0.3 is 0 Å². The molecule has 0 saturated carbocycles. The molecular weight excluding hydrogens is 348 g/mol. The van der Waals surface area contributed by atoms with Gasteiger partial charge in [-0.25, -0.2) is 13.8 Å². The maximum Gasteiger partial charge on any atom is 0.240 e. The van der Waals surface area contributed by atoms with E-state index < -0.39 is 9.84 Å². The lowest BCUT2D eigenvalue weighted by Crippen LogP contribution is -2.21. The fourth-order valence-electron chi connectivity index (χ4n) is 2.70. The van der Waals surface area contributed by atoms with Crippen molar-refractivity contribution in [2.24, 2.45) is 11.0 Å². The lowest BCUT2D eigenvalue weighted by molar-refractivity contribution is -0.121. The van der Waals surface area contributed by atoms with E-state index in [0.29, 0.717) is 29.2 Å². The third kappa shape index (κ3) is 5.09. The smallest absolute Gasteiger partial charge is 0.240 e. The second-order valence-electron chi connectivity index (χ2n) is 5.73. The first-order valence-corrected chi connectivity index (χ1v) is 9.53. The summed E-state index contributed by atoms with van der Waals surface area (Å²) in [6, 6.07) is 3.39. The number of benzene rings is 1. The number of methoxy groups -OCH3 is 3. The highest BCUT2D eigenvalue weighted by Crippen LogP contribution is 2.37. The number of carbonyl (C=O) groups excluding carboxylic acids is 1. The van der Waals surface area contributed by atoms with Crippen LogP contribution < -0.4 is 19.6 Å². The number of amides is 1. The fourth-order valence-corrected chi connectivity index (χ4v) is 4.56. The molecule has 0 aliphatic carbocycles. The number of hydrazone groups is 1. The summed E-state index contributed by atoms with van der Waals surface area (Å²) >= 11 is 0. The van der Waals surface area contributed by atoms with Crippen molar-refractivity contribution in [1.82, 2.24) is 5.43 Å². The molecule has 1 aliphatic rings. The number of carbonyl (C=O) groups is 1. The number of rotatable bonds is 7. The van der Waals surface area contributed by atoms with Crippen molar-refractivity contribution in [2.75, 3.05) is 32.8 Å². The number of sulfone groups is 1. The van der Waals surface area contributed by atoms with Crippen molar-refractivity contribution in [1.29, 1.82) is 0 Å². The topological polar surface area (TPSA) is 103 Å². The average Bonchev–Trinajstić information content (AvgIpc) is 2.92. The Kier molecular flexibility index (Phi) is 6.24. The maximum atomic E-state index is 11.9. The standard InChI is InChI=1S/C16H22N2O6S/c1-22-13-6-12(7-14(23-2)16(13)24-3)9-17-18-15(19)8-11-4-5-25(20,21)10-11/h6-7,9,11H,4-5,8,10H2,1-3H3,(H,18,19)/b17-9-/t11-/m0/s1. The molecule has 0 aromatic heterocycles. The van der Waals surface area contributed by atoms with Crippen molar-refractivity contribution < 1.29 is 27.4 Å². The van der Waals surface area contributed by atoms with Gasteiger partial charge in [0.1, 0.15) is 0 Å². The van der Waals surface area contributed by atoms with Crippen LogP contribution in [0.3, 0.4) is 0 Å². The van der Waals surface area contributed by atoms with Gasteiger partial charge in [0.05, 0.1) is 39.0 Å². The molecule has 1 aliphatic heterocycles. The monoisotopic (exact) mass is 370 g/mol. The van der Waals surface area contributed by atoms with Gasteiger partial charge in [-0.15, -0.1) is 0 Å². The zero-order chi connectivity index (χ0) is 18.4. The van der Waals surface area contributed by atoms with Gasteiger partial charge in [0.15, 0.2) is 21.3 Å². The molecule has 25 heavy (non-hydrogen) atoms. The summed E-state index contributed by atoms with van der Waals surface area (Å²) in [5, 5.41) is 3.90. The molecule has 1 aromatic carbocycles. The van der Waals surface area contributed by atoms with Crippen LogP contribution in [0.2, 0.25) is 0 Å². The highest BCUT2D eigenvalue weighted by atomic mass is 32.2. The average molecular weight is 370 g/mol. The number of ether oxygens (including phenoxy) is 3. The molecule has 9 heteroatoms. The van der Waals surface area contributed by atoms with Crippen molar-refractivity contribution in [3.63, 3.8) is 0 Å². The zero-order valence-electron chi connectivity index (χ0n) is 14.4. The van der Waals surface area contributed by atoms with Crippen molar-refractivity contribution in [3.05, 3.63) is 17.7 Å². The normalized spacial score (nSPS) is 18.9. The van der Waals surface area contributed by atoms with Crippen molar-refractivity contribution in [2.45, 2.75) is 12.8 Å². The van der Waals surface area contributed by atoms with Crippen LogP contribution in [-0.2, 0) is 14.6 Å². The van der Waals surface area contributed by atoms with Crippen LogP contribution in [0.1, 0.15) is 18.4 Å². The molecule has 1 atom stereocenters. The number of nitrogens with zero attached hydrogens (tertiary/aromatic N) is 1. The van der Waals surface area contributed by atoms with Gasteiger partial charge in [-0.2, -0.15) is 5.10 Å². The largest absolute Gasteiger partial charge is 0.493 e. The van der Waals surface area contributed by atoms with E-state index in [2.05, 4.69) is 10.5 Å². The predicted molar refractivity (Wildman–Crippen MR) is 93.2 cm³/mol. The molecule has 1 fully saturated rings. The van der Waals surface area contributed by atoms with Gasteiger partial charge < -0.3 is 14.2 Å². The first-order chi connectivity index (χ1) is 11.9. The summed E-state index contributed by atoms with van der Waals surface area (Å²) < 4.78 is 38.5. The van der Waals surface area contributed by atoms with Gasteiger partial charge in [-0.05, 0) is 24.5 Å². The molecule has 8 nitrogen and oxygen atoms in total. The molecule has 1 heterocycles. The van der Waals surface area contributed by atoms with Gasteiger partial charge in [-0.3, -0.25) is 4.79 Å². The minimum atomic E-state index is -2.98. The second-order valence-corrected chi connectivity index (χ2v) is 7.95. The second kappa shape index (κ2) is 8.19. The molecule has 138 valence electrons. The SMILES string of the molecule is COc1cc(/C=N\NC(=O)C[C@@H]2CCS(=O)(=O)C2)cc(OC)c1OC. The third-order valence-electron chi connectivity index (χ3n) is 3.89. The Morgan fingerprint density at radius 1 is 1.24 bits per heavy atom. The first kappa shape index (κ1) is 19.0. The Morgan fingerprint density at radius 2 is 1.88 bits per heavy atom.